The minimum atomic E-state index is -0.887. The van der Waals surface area contributed by atoms with Crippen LogP contribution in [-0.4, -0.2) is 5.97 Å². The first-order chi connectivity index (χ1) is 16.9. The summed E-state index contributed by atoms with van der Waals surface area (Å²) in [6.45, 7) is 0. The summed E-state index contributed by atoms with van der Waals surface area (Å²) in [6.07, 6.45) is 0. The molecule has 1 aliphatic heterocycles. The van der Waals surface area contributed by atoms with Gasteiger partial charge < -0.3 is 19.6 Å². The molecule has 0 saturated carbocycles. The van der Waals surface area contributed by atoms with Crippen LogP contribution < -0.4 is 20.8 Å². The monoisotopic (exact) mass is 504 g/mol. The molecule has 2 heterocycles. The number of carbonyl (C=O) groups is 1. The third-order valence-corrected chi connectivity index (χ3v) is 6.28. The number of nitrogens with two attached hydrogens (primary N) is 1. The van der Waals surface area contributed by atoms with Gasteiger partial charge in [-0.1, -0.05) is 53.5 Å². The van der Waals surface area contributed by atoms with Gasteiger partial charge in [0.25, 0.3) is 0 Å². The molecule has 0 radical (unpaired) electrons. The molecule has 7 nitrogen and oxygen atoms in total. The maximum atomic E-state index is 12.7. The molecule has 1 aliphatic rings. The van der Waals surface area contributed by atoms with E-state index in [4.69, 9.17) is 42.8 Å². The molecule has 1 atom stereocenters. The molecular formula is C26H14Cl2N2O5. The molecule has 1 aromatic heterocycles. The molecule has 3 aromatic carbocycles. The van der Waals surface area contributed by atoms with E-state index in [0.717, 1.165) is 0 Å². The van der Waals surface area contributed by atoms with Crippen molar-refractivity contribution in [2.45, 2.75) is 5.92 Å². The first-order valence-electron chi connectivity index (χ1n) is 10.3. The van der Waals surface area contributed by atoms with Crippen molar-refractivity contribution in [2.24, 2.45) is 5.73 Å². The van der Waals surface area contributed by atoms with Crippen LogP contribution in [0.3, 0.4) is 0 Å². The number of para-hydroxylation sites is 1. The Hall–Kier alpha value is -4.25. The van der Waals surface area contributed by atoms with Gasteiger partial charge in [0.1, 0.15) is 34.3 Å². The number of nitriles is 1. The molecule has 0 aliphatic carbocycles. The van der Waals surface area contributed by atoms with Crippen molar-refractivity contribution in [3.8, 4) is 17.6 Å². The minimum absolute atomic E-state index is 0.0882. The van der Waals surface area contributed by atoms with E-state index in [1.165, 1.54) is 18.2 Å². The average Bonchev–Trinajstić information content (AvgIpc) is 2.84. The zero-order valence-electron chi connectivity index (χ0n) is 17.7. The second kappa shape index (κ2) is 8.84. The Morgan fingerprint density at radius 3 is 2.60 bits per heavy atom. The van der Waals surface area contributed by atoms with Crippen molar-refractivity contribution in [1.29, 1.82) is 5.26 Å². The van der Waals surface area contributed by atoms with Crippen molar-refractivity contribution in [2.75, 3.05) is 0 Å². The Labute approximate surface area is 208 Å². The molecule has 2 N–H and O–H groups in total. The first kappa shape index (κ1) is 22.5. The fourth-order valence-corrected chi connectivity index (χ4v) is 4.21. The van der Waals surface area contributed by atoms with Crippen LogP contribution in [0.1, 0.15) is 27.4 Å². The number of esters is 1. The van der Waals surface area contributed by atoms with Gasteiger partial charge in [0, 0.05) is 17.0 Å². The summed E-state index contributed by atoms with van der Waals surface area (Å²) in [7, 11) is 0. The topological polar surface area (TPSA) is 116 Å². The van der Waals surface area contributed by atoms with Crippen LogP contribution in [0, 0.1) is 11.3 Å². The third kappa shape index (κ3) is 4.10. The van der Waals surface area contributed by atoms with Crippen molar-refractivity contribution < 1.29 is 18.7 Å². The predicted molar refractivity (Wildman–Crippen MR) is 130 cm³/mol. The van der Waals surface area contributed by atoms with Crippen LogP contribution in [0.4, 0.5) is 0 Å². The van der Waals surface area contributed by atoms with Gasteiger partial charge in [0.05, 0.1) is 16.0 Å². The predicted octanol–water partition coefficient (Wildman–Crippen LogP) is 5.54. The van der Waals surface area contributed by atoms with Gasteiger partial charge in [-0.25, -0.2) is 9.59 Å². The van der Waals surface area contributed by atoms with Crippen LogP contribution in [0.2, 0.25) is 10.0 Å². The van der Waals surface area contributed by atoms with Crippen LogP contribution in [-0.2, 0) is 0 Å². The highest BCUT2D eigenvalue weighted by atomic mass is 35.5. The molecule has 4 aromatic rings. The van der Waals surface area contributed by atoms with Crippen molar-refractivity contribution in [3.63, 3.8) is 0 Å². The maximum Gasteiger partial charge on any atom is 0.351 e. The number of fused-ring (bicyclic) bond motifs is 2. The van der Waals surface area contributed by atoms with E-state index in [2.05, 4.69) is 6.07 Å². The summed E-state index contributed by atoms with van der Waals surface area (Å²) in [6, 6.07) is 20.0. The molecule has 35 heavy (non-hydrogen) atoms. The summed E-state index contributed by atoms with van der Waals surface area (Å²) in [4.78, 5) is 25.0. The highest BCUT2D eigenvalue weighted by molar-refractivity contribution is 6.42. The third-order valence-electron chi connectivity index (χ3n) is 5.54. The number of carbonyl (C=O) groups excluding carboxylic acids is 1. The zero-order valence-corrected chi connectivity index (χ0v) is 19.3. The Morgan fingerprint density at radius 2 is 1.83 bits per heavy atom. The van der Waals surface area contributed by atoms with Crippen molar-refractivity contribution >= 4 is 40.1 Å². The highest BCUT2D eigenvalue weighted by Gasteiger charge is 2.31. The molecule has 0 amide bonds. The Bertz CT molecular complexity index is 1650. The smallest absolute Gasteiger partial charge is 0.351 e. The molecule has 0 saturated heterocycles. The van der Waals surface area contributed by atoms with E-state index in [1.54, 1.807) is 48.5 Å². The van der Waals surface area contributed by atoms with Crippen LogP contribution in [0.5, 0.6) is 11.5 Å². The van der Waals surface area contributed by atoms with Crippen molar-refractivity contribution in [1.82, 2.24) is 0 Å². The van der Waals surface area contributed by atoms with E-state index in [0.29, 0.717) is 32.1 Å². The second-order valence-electron chi connectivity index (χ2n) is 7.67. The van der Waals surface area contributed by atoms with Gasteiger partial charge in [-0.2, -0.15) is 5.26 Å². The van der Waals surface area contributed by atoms with E-state index in [1.807, 2.05) is 0 Å². The molecule has 0 fully saturated rings. The standard InChI is InChI=1S/C26H14Cl2N2O5/c27-19-8-5-14(10-20(19)28)23-16-7-6-15(11-22(16)34-24(30)18(23)12-29)33-25(31)17-9-13-3-1-2-4-21(13)35-26(17)32/h1-11,23H,30H2. The number of rotatable bonds is 3. The number of hydrogen-bond acceptors (Lipinski definition) is 7. The average molecular weight is 505 g/mol. The number of ether oxygens (including phenoxy) is 2. The van der Waals surface area contributed by atoms with Crippen LogP contribution in [0.15, 0.2) is 87.4 Å². The lowest BCUT2D eigenvalue weighted by molar-refractivity contribution is 0.0730. The summed E-state index contributed by atoms with van der Waals surface area (Å²) >= 11 is 12.2. The van der Waals surface area contributed by atoms with E-state index in [-0.39, 0.29) is 28.5 Å². The number of benzene rings is 3. The quantitative estimate of drug-likeness (QED) is 0.221. The molecule has 1 unspecified atom stereocenters. The number of nitrogens with zero attached hydrogens (tertiary/aromatic N) is 1. The summed E-state index contributed by atoms with van der Waals surface area (Å²) in [5, 5.41) is 11.0. The Morgan fingerprint density at radius 1 is 1.03 bits per heavy atom. The Balaban J connectivity index is 1.50. The molecule has 5 rings (SSSR count). The lowest BCUT2D eigenvalue weighted by atomic mass is 9.83. The van der Waals surface area contributed by atoms with Gasteiger partial charge in [-0.15, -0.1) is 0 Å². The van der Waals surface area contributed by atoms with Gasteiger partial charge in [0.15, 0.2) is 0 Å². The molecule has 0 bridgehead atoms. The largest absolute Gasteiger partial charge is 0.440 e. The van der Waals surface area contributed by atoms with Gasteiger partial charge >= 0.3 is 11.6 Å². The second-order valence-corrected chi connectivity index (χ2v) is 8.49. The fourth-order valence-electron chi connectivity index (χ4n) is 3.90. The first-order valence-corrected chi connectivity index (χ1v) is 11.0. The summed E-state index contributed by atoms with van der Waals surface area (Å²) in [5.41, 5.74) is 6.83. The van der Waals surface area contributed by atoms with Gasteiger partial charge in [-0.3, -0.25) is 0 Å². The van der Waals surface area contributed by atoms with Gasteiger partial charge in [0.2, 0.25) is 5.88 Å². The van der Waals surface area contributed by atoms with Crippen LogP contribution in [0.25, 0.3) is 11.0 Å². The number of allylic oxidation sites excluding steroid dienone is 1. The van der Waals surface area contributed by atoms with E-state index >= 15 is 0 Å². The van der Waals surface area contributed by atoms with Gasteiger partial charge in [-0.05, 0) is 35.9 Å². The van der Waals surface area contributed by atoms with Crippen molar-refractivity contribution in [3.05, 3.63) is 115 Å². The molecule has 9 heteroatoms. The van der Waals surface area contributed by atoms with E-state index in [9.17, 15) is 14.9 Å². The fraction of sp³-hybridized carbons (Fsp3) is 0.0385. The maximum absolute atomic E-state index is 12.7. The lowest BCUT2D eigenvalue weighted by Gasteiger charge is -2.27. The molecular weight excluding hydrogens is 491 g/mol. The summed E-state index contributed by atoms with van der Waals surface area (Å²) < 4.78 is 16.3. The van der Waals surface area contributed by atoms with E-state index < -0.39 is 17.5 Å². The number of halogens is 2. The normalized spacial score (nSPS) is 14.7. The zero-order chi connectivity index (χ0) is 24.7. The number of hydrogen-bond donors (Lipinski definition) is 1. The lowest BCUT2D eigenvalue weighted by Crippen LogP contribution is -2.21. The summed E-state index contributed by atoms with van der Waals surface area (Å²) in [5.74, 6) is -1.15. The highest BCUT2D eigenvalue weighted by Crippen LogP contribution is 2.44. The Kier molecular flexibility index (Phi) is 5.69. The molecule has 172 valence electrons. The van der Waals surface area contributed by atoms with Crippen LogP contribution >= 0.6 is 23.2 Å². The SMILES string of the molecule is N#CC1=C(N)Oc2cc(OC(=O)c3cc4ccccc4oc3=O)ccc2C1c1ccc(Cl)c(Cl)c1. The minimum Gasteiger partial charge on any atom is -0.440 e. The molecule has 0 spiro atoms.